The Morgan fingerprint density at radius 1 is 1.43 bits per heavy atom. The standard InChI is InChI=1S/C18H28ClN3O/c1-4-13(2)17(14-5-7-15(19)8-6-14)23-18(21-3)22-11-9-16(20)10-12-22/h5,7-8,14,16H,4,6,9-12,20H2,1-3H3/b17-13-,21-18?. The molecular formula is C18H28ClN3O. The molecule has 1 fully saturated rings. The first kappa shape index (κ1) is 18.1. The quantitative estimate of drug-likeness (QED) is 0.484. The summed E-state index contributed by atoms with van der Waals surface area (Å²) in [5, 5.41) is 0.796. The van der Waals surface area contributed by atoms with Gasteiger partial charge in [-0.2, -0.15) is 0 Å². The first-order valence-corrected chi connectivity index (χ1v) is 8.81. The van der Waals surface area contributed by atoms with Gasteiger partial charge in [-0.3, -0.25) is 0 Å². The van der Waals surface area contributed by atoms with Crippen molar-refractivity contribution in [1.29, 1.82) is 0 Å². The van der Waals surface area contributed by atoms with Crippen LogP contribution in [0.1, 0.15) is 39.5 Å². The lowest BCUT2D eigenvalue weighted by Gasteiger charge is -2.33. The fourth-order valence-corrected chi connectivity index (χ4v) is 3.04. The molecule has 4 nitrogen and oxygen atoms in total. The normalized spacial score (nSPS) is 24.4. The summed E-state index contributed by atoms with van der Waals surface area (Å²) in [6, 6.07) is 0.999. The minimum absolute atomic E-state index is 0.223. The molecule has 0 aromatic carbocycles. The summed E-state index contributed by atoms with van der Waals surface area (Å²) >= 11 is 6.04. The van der Waals surface area contributed by atoms with Crippen LogP contribution in [0.25, 0.3) is 0 Å². The number of hydrogen-bond donors (Lipinski definition) is 1. The molecular weight excluding hydrogens is 310 g/mol. The molecule has 1 aliphatic heterocycles. The molecule has 2 rings (SSSR count). The number of piperidine rings is 1. The number of halogens is 1. The summed E-state index contributed by atoms with van der Waals surface area (Å²) in [5.74, 6) is 1.22. The van der Waals surface area contributed by atoms with Crippen molar-refractivity contribution in [2.24, 2.45) is 16.6 Å². The smallest absolute Gasteiger partial charge is 0.292 e. The van der Waals surface area contributed by atoms with Crippen molar-refractivity contribution >= 4 is 17.6 Å². The van der Waals surface area contributed by atoms with Crippen LogP contribution in [0.15, 0.2) is 39.6 Å². The predicted molar refractivity (Wildman–Crippen MR) is 97.4 cm³/mol. The molecule has 1 aliphatic carbocycles. The monoisotopic (exact) mass is 337 g/mol. The molecule has 5 heteroatoms. The van der Waals surface area contributed by atoms with Crippen LogP contribution < -0.4 is 5.73 Å². The summed E-state index contributed by atoms with van der Waals surface area (Å²) < 4.78 is 6.29. The molecule has 0 aromatic rings. The Bertz CT molecular complexity index is 528. The molecule has 23 heavy (non-hydrogen) atoms. The number of hydrogen-bond acceptors (Lipinski definition) is 3. The largest absolute Gasteiger partial charge is 0.430 e. The molecule has 0 spiro atoms. The zero-order valence-corrected chi connectivity index (χ0v) is 15.1. The highest BCUT2D eigenvalue weighted by Crippen LogP contribution is 2.29. The fraction of sp³-hybridized carbons (Fsp3) is 0.611. The number of allylic oxidation sites excluding steroid dienone is 5. The topological polar surface area (TPSA) is 50.8 Å². The molecule has 0 aromatic heterocycles. The van der Waals surface area contributed by atoms with Gasteiger partial charge in [0.2, 0.25) is 0 Å². The van der Waals surface area contributed by atoms with Gasteiger partial charge < -0.3 is 15.4 Å². The van der Waals surface area contributed by atoms with Crippen LogP contribution in [0.2, 0.25) is 0 Å². The number of amidine groups is 1. The van der Waals surface area contributed by atoms with Gasteiger partial charge in [-0.1, -0.05) is 30.7 Å². The molecule has 1 unspecified atom stereocenters. The van der Waals surface area contributed by atoms with Gasteiger partial charge in [-0.25, -0.2) is 4.99 Å². The number of ether oxygens (including phenoxy) is 1. The molecule has 1 atom stereocenters. The first-order valence-electron chi connectivity index (χ1n) is 8.43. The van der Waals surface area contributed by atoms with Crippen LogP contribution in [0.4, 0.5) is 0 Å². The molecule has 128 valence electrons. The van der Waals surface area contributed by atoms with Crippen LogP contribution in [0.3, 0.4) is 0 Å². The SMILES string of the molecule is CC/C(C)=C(\OC(=NC)N1CCC(N)CC1)C1C=CC(Cl)=CC1. The van der Waals surface area contributed by atoms with E-state index in [0.717, 1.165) is 49.6 Å². The second-order valence-corrected chi connectivity index (χ2v) is 6.66. The zero-order chi connectivity index (χ0) is 16.8. The second kappa shape index (κ2) is 8.55. The Morgan fingerprint density at radius 3 is 2.65 bits per heavy atom. The third kappa shape index (κ3) is 4.85. The molecule has 1 saturated heterocycles. The van der Waals surface area contributed by atoms with E-state index >= 15 is 0 Å². The van der Waals surface area contributed by atoms with Crippen LogP contribution in [0, 0.1) is 5.92 Å². The summed E-state index contributed by atoms with van der Waals surface area (Å²) in [4.78, 5) is 6.58. The maximum Gasteiger partial charge on any atom is 0.292 e. The lowest BCUT2D eigenvalue weighted by Crippen LogP contribution is -2.44. The predicted octanol–water partition coefficient (Wildman–Crippen LogP) is 3.79. The summed E-state index contributed by atoms with van der Waals surface area (Å²) in [6.45, 7) is 6.08. The maximum atomic E-state index is 6.29. The van der Waals surface area contributed by atoms with Crippen molar-refractivity contribution in [2.45, 2.75) is 45.6 Å². The number of nitrogens with two attached hydrogens (primary N) is 1. The number of rotatable bonds is 3. The van der Waals surface area contributed by atoms with E-state index in [-0.39, 0.29) is 5.92 Å². The van der Waals surface area contributed by atoms with Gasteiger partial charge in [0, 0.05) is 37.1 Å². The Labute approximate surface area is 144 Å². The lowest BCUT2D eigenvalue weighted by atomic mass is 9.95. The molecule has 2 aliphatic rings. The Hall–Kier alpha value is -1.26. The molecule has 0 amide bonds. The van der Waals surface area contributed by atoms with E-state index in [1.54, 1.807) is 7.05 Å². The van der Waals surface area contributed by atoms with Crippen molar-refractivity contribution in [3.63, 3.8) is 0 Å². The Morgan fingerprint density at radius 2 is 2.13 bits per heavy atom. The minimum atomic E-state index is 0.223. The highest BCUT2D eigenvalue weighted by atomic mass is 35.5. The van der Waals surface area contributed by atoms with Gasteiger partial charge in [0.1, 0.15) is 5.76 Å². The average molecular weight is 338 g/mol. The van der Waals surface area contributed by atoms with E-state index in [1.165, 1.54) is 5.57 Å². The summed E-state index contributed by atoms with van der Waals surface area (Å²) in [7, 11) is 1.79. The van der Waals surface area contributed by atoms with Gasteiger partial charge in [0.05, 0.1) is 0 Å². The van der Waals surface area contributed by atoms with E-state index in [9.17, 15) is 0 Å². The van der Waals surface area contributed by atoms with Crippen LogP contribution in [0.5, 0.6) is 0 Å². The fourth-order valence-electron chi connectivity index (χ4n) is 2.88. The maximum absolute atomic E-state index is 6.29. The van der Waals surface area contributed by atoms with Gasteiger partial charge in [-0.15, -0.1) is 0 Å². The van der Waals surface area contributed by atoms with E-state index in [2.05, 4.69) is 29.8 Å². The molecule has 1 heterocycles. The first-order chi connectivity index (χ1) is 11.0. The third-order valence-corrected chi connectivity index (χ3v) is 4.83. The number of nitrogens with zero attached hydrogens (tertiary/aromatic N) is 2. The van der Waals surface area contributed by atoms with Gasteiger partial charge in [-0.05, 0) is 44.3 Å². The summed E-state index contributed by atoms with van der Waals surface area (Å²) in [6.07, 6.45) is 9.90. The van der Waals surface area contributed by atoms with Crippen molar-refractivity contribution in [3.05, 3.63) is 34.6 Å². The zero-order valence-electron chi connectivity index (χ0n) is 14.4. The van der Waals surface area contributed by atoms with Crippen molar-refractivity contribution in [3.8, 4) is 0 Å². The lowest BCUT2D eigenvalue weighted by molar-refractivity contribution is 0.230. The Balaban J connectivity index is 2.13. The molecule has 0 bridgehead atoms. The van der Waals surface area contributed by atoms with E-state index in [1.807, 2.05) is 12.2 Å². The number of aliphatic imine (C=N–C) groups is 1. The average Bonchev–Trinajstić information content (AvgIpc) is 2.57. The van der Waals surface area contributed by atoms with Crippen molar-refractivity contribution in [2.75, 3.05) is 20.1 Å². The third-order valence-electron chi connectivity index (χ3n) is 4.54. The highest BCUT2D eigenvalue weighted by Gasteiger charge is 2.24. The van der Waals surface area contributed by atoms with E-state index in [0.29, 0.717) is 12.1 Å². The molecule has 0 radical (unpaired) electrons. The van der Waals surface area contributed by atoms with Crippen LogP contribution in [-0.4, -0.2) is 37.1 Å². The van der Waals surface area contributed by atoms with Crippen molar-refractivity contribution < 1.29 is 4.74 Å². The second-order valence-electron chi connectivity index (χ2n) is 6.22. The number of likely N-dealkylation sites (tertiary alicyclic amines) is 1. The van der Waals surface area contributed by atoms with E-state index < -0.39 is 0 Å². The summed E-state index contributed by atoms with van der Waals surface area (Å²) in [5.41, 5.74) is 7.25. The van der Waals surface area contributed by atoms with Gasteiger partial charge in [0.25, 0.3) is 6.02 Å². The van der Waals surface area contributed by atoms with Crippen LogP contribution in [-0.2, 0) is 4.74 Å². The van der Waals surface area contributed by atoms with Gasteiger partial charge >= 0.3 is 0 Å². The molecule has 0 saturated carbocycles. The highest BCUT2D eigenvalue weighted by molar-refractivity contribution is 6.31. The van der Waals surface area contributed by atoms with E-state index in [4.69, 9.17) is 22.1 Å². The minimum Gasteiger partial charge on any atom is -0.430 e. The van der Waals surface area contributed by atoms with Crippen molar-refractivity contribution in [1.82, 2.24) is 4.90 Å². The Kier molecular flexibility index (Phi) is 6.72. The van der Waals surface area contributed by atoms with Crippen LogP contribution >= 0.6 is 11.6 Å². The molecule has 2 N–H and O–H groups in total. The van der Waals surface area contributed by atoms with Gasteiger partial charge in [0.15, 0.2) is 0 Å².